The first-order valence-electron chi connectivity index (χ1n) is 5.24. The Hall–Kier alpha value is -1.07. The predicted molar refractivity (Wildman–Crippen MR) is 66.0 cm³/mol. The van der Waals surface area contributed by atoms with Crippen molar-refractivity contribution in [3.05, 3.63) is 35.1 Å². The van der Waals surface area contributed by atoms with Crippen LogP contribution in [0.4, 0.5) is 4.39 Å². The summed E-state index contributed by atoms with van der Waals surface area (Å²) in [6.45, 7) is 8.55. The standard InChI is InChI=1S/C13H17FSi/c1-5-12-10-11(6-7-13(12)14)8-9-15(2,3)4/h6-7,10H,5H2,1-4H3. The average Bonchev–Trinajstić information content (AvgIpc) is 2.15. The van der Waals surface area contributed by atoms with Crippen LogP contribution >= 0.6 is 0 Å². The Morgan fingerprint density at radius 3 is 2.47 bits per heavy atom. The highest BCUT2D eigenvalue weighted by Gasteiger charge is 2.07. The lowest BCUT2D eigenvalue weighted by Gasteiger charge is -2.04. The number of benzene rings is 1. The summed E-state index contributed by atoms with van der Waals surface area (Å²) in [6, 6.07) is 5.11. The molecule has 0 fully saturated rings. The fraction of sp³-hybridized carbons (Fsp3) is 0.385. The van der Waals surface area contributed by atoms with Crippen molar-refractivity contribution in [2.24, 2.45) is 0 Å². The Bertz CT molecular complexity index is 405. The van der Waals surface area contributed by atoms with E-state index in [2.05, 4.69) is 31.1 Å². The molecule has 0 aromatic heterocycles. The summed E-state index contributed by atoms with van der Waals surface area (Å²) in [5, 5.41) is 0. The molecule has 0 saturated carbocycles. The molecule has 0 aliphatic carbocycles. The highest BCUT2D eigenvalue weighted by molar-refractivity contribution is 6.83. The van der Waals surface area contributed by atoms with Gasteiger partial charge in [0.25, 0.3) is 0 Å². The third kappa shape index (κ3) is 3.89. The fourth-order valence-corrected chi connectivity index (χ4v) is 1.70. The number of halogens is 1. The van der Waals surface area contributed by atoms with Crippen molar-refractivity contribution in [1.82, 2.24) is 0 Å². The minimum absolute atomic E-state index is 0.129. The van der Waals surface area contributed by atoms with Crippen LogP contribution in [0.1, 0.15) is 18.1 Å². The number of hydrogen-bond acceptors (Lipinski definition) is 0. The van der Waals surface area contributed by atoms with E-state index in [0.29, 0.717) is 6.42 Å². The number of aryl methyl sites for hydroxylation is 1. The van der Waals surface area contributed by atoms with E-state index in [1.807, 2.05) is 13.0 Å². The van der Waals surface area contributed by atoms with Gasteiger partial charge < -0.3 is 0 Å². The molecule has 0 radical (unpaired) electrons. The summed E-state index contributed by atoms with van der Waals surface area (Å²) in [6.07, 6.45) is 0.717. The Morgan fingerprint density at radius 1 is 1.27 bits per heavy atom. The van der Waals surface area contributed by atoms with Crippen molar-refractivity contribution < 1.29 is 4.39 Å². The smallest absolute Gasteiger partial charge is 0.129 e. The molecule has 0 bridgehead atoms. The molecule has 1 rings (SSSR count). The maximum Gasteiger partial charge on any atom is 0.129 e. The molecule has 0 spiro atoms. The van der Waals surface area contributed by atoms with Crippen LogP contribution in [0.5, 0.6) is 0 Å². The van der Waals surface area contributed by atoms with E-state index < -0.39 is 8.07 Å². The quantitative estimate of drug-likeness (QED) is 0.501. The highest BCUT2D eigenvalue weighted by atomic mass is 28.3. The Balaban J connectivity index is 3.01. The van der Waals surface area contributed by atoms with E-state index in [1.165, 1.54) is 6.07 Å². The molecule has 80 valence electrons. The number of hydrogen-bond donors (Lipinski definition) is 0. The second-order valence-corrected chi connectivity index (χ2v) is 9.41. The summed E-state index contributed by atoms with van der Waals surface area (Å²) in [5.74, 6) is 3.00. The molecule has 0 amide bonds. The van der Waals surface area contributed by atoms with Gasteiger partial charge in [-0.3, -0.25) is 0 Å². The monoisotopic (exact) mass is 220 g/mol. The minimum Gasteiger partial charge on any atom is -0.207 e. The molecule has 0 nitrogen and oxygen atoms in total. The van der Waals surface area contributed by atoms with Crippen molar-refractivity contribution in [2.45, 2.75) is 33.0 Å². The van der Waals surface area contributed by atoms with Crippen LogP contribution in [0.25, 0.3) is 0 Å². The third-order valence-corrected chi connectivity index (χ3v) is 2.88. The molecule has 1 aromatic rings. The largest absolute Gasteiger partial charge is 0.207 e. The molecule has 0 aliphatic heterocycles. The zero-order chi connectivity index (χ0) is 11.5. The van der Waals surface area contributed by atoms with Gasteiger partial charge >= 0.3 is 0 Å². The number of rotatable bonds is 1. The Kier molecular flexibility index (Phi) is 3.70. The summed E-state index contributed by atoms with van der Waals surface area (Å²) in [7, 11) is -1.34. The lowest BCUT2D eigenvalue weighted by atomic mass is 10.1. The van der Waals surface area contributed by atoms with Crippen LogP contribution in [0, 0.1) is 17.3 Å². The van der Waals surface area contributed by atoms with Crippen LogP contribution in [0.3, 0.4) is 0 Å². The highest BCUT2D eigenvalue weighted by Crippen LogP contribution is 2.10. The summed E-state index contributed by atoms with van der Waals surface area (Å²) in [5.41, 5.74) is 4.95. The predicted octanol–water partition coefficient (Wildman–Crippen LogP) is 3.62. The van der Waals surface area contributed by atoms with Gasteiger partial charge in [0.15, 0.2) is 0 Å². The topological polar surface area (TPSA) is 0 Å². The van der Waals surface area contributed by atoms with Crippen LogP contribution in [0.2, 0.25) is 19.6 Å². The molecular weight excluding hydrogens is 203 g/mol. The van der Waals surface area contributed by atoms with Gasteiger partial charge in [-0.15, -0.1) is 5.54 Å². The van der Waals surface area contributed by atoms with Gasteiger partial charge in [-0.25, -0.2) is 4.39 Å². The zero-order valence-corrected chi connectivity index (χ0v) is 10.8. The lowest BCUT2D eigenvalue weighted by molar-refractivity contribution is 0.612. The third-order valence-electron chi connectivity index (χ3n) is 2.01. The summed E-state index contributed by atoms with van der Waals surface area (Å²) < 4.78 is 13.2. The fourth-order valence-electron chi connectivity index (χ4n) is 1.18. The van der Waals surface area contributed by atoms with Gasteiger partial charge in [0.2, 0.25) is 0 Å². The summed E-state index contributed by atoms with van der Waals surface area (Å²) >= 11 is 0. The van der Waals surface area contributed by atoms with Gasteiger partial charge in [-0.2, -0.15) is 0 Å². The van der Waals surface area contributed by atoms with Gasteiger partial charge in [0.1, 0.15) is 13.9 Å². The van der Waals surface area contributed by atoms with Gasteiger partial charge in [-0.1, -0.05) is 32.5 Å². The molecular formula is C13H17FSi. The first kappa shape index (κ1) is 12.0. The second kappa shape index (κ2) is 4.63. The molecule has 0 heterocycles. The van der Waals surface area contributed by atoms with E-state index in [-0.39, 0.29) is 5.82 Å². The molecule has 2 heteroatoms. The zero-order valence-electron chi connectivity index (χ0n) is 9.82. The van der Waals surface area contributed by atoms with E-state index in [4.69, 9.17) is 0 Å². The molecule has 0 atom stereocenters. The first-order valence-corrected chi connectivity index (χ1v) is 8.74. The molecule has 1 aromatic carbocycles. The maximum absolute atomic E-state index is 13.2. The van der Waals surface area contributed by atoms with Crippen molar-refractivity contribution in [3.8, 4) is 11.5 Å². The van der Waals surface area contributed by atoms with Gasteiger partial charge in [0.05, 0.1) is 0 Å². The molecule has 15 heavy (non-hydrogen) atoms. The van der Waals surface area contributed by atoms with E-state index in [9.17, 15) is 4.39 Å². The average molecular weight is 220 g/mol. The van der Waals surface area contributed by atoms with Crippen LogP contribution in [-0.2, 0) is 6.42 Å². The van der Waals surface area contributed by atoms with E-state index in [1.54, 1.807) is 6.07 Å². The van der Waals surface area contributed by atoms with Crippen molar-refractivity contribution in [1.29, 1.82) is 0 Å². The van der Waals surface area contributed by atoms with Crippen molar-refractivity contribution in [2.75, 3.05) is 0 Å². The Morgan fingerprint density at radius 2 is 1.93 bits per heavy atom. The van der Waals surface area contributed by atoms with Gasteiger partial charge in [0, 0.05) is 5.56 Å². The molecule has 0 saturated heterocycles. The normalized spacial score (nSPS) is 10.7. The van der Waals surface area contributed by atoms with Crippen molar-refractivity contribution in [3.63, 3.8) is 0 Å². The lowest BCUT2D eigenvalue weighted by Crippen LogP contribution is -2.16. The van der Waals surface area contributed by atoms with Crippen molar-refractivity contribution >= 4 is 8.07 Å². The Labute approximate surface area is 92.5 Å². The SMILES string of the molecule is CCc1cc(C#C[Si](C)(C)C)ccc1F. The van der Waals surface area contributed by atoms with E-state index >= 15 is 0 Å². The molecule has 0 N–H and O–H groups in total. The van der Waals surface area contributed by atoms with E-state index in [0.717, 1.165) is 11.1 Å². The maximum atomic E-state index is 13.2. The molecule has 0 aliphatic rings. The van der Waals surface area contributed by atoms with Crippen LogP contribution in [-0.4, -0.2) is 8.07 Å². The first-order chi connectivity index (χ1) is 6.92. The second-order valence-electron chi connectivity index (χ2n) is 4.66. The molecule has 0 unspecified atom stereocenters. The van der Waals surface area contributed by atoms with Gasteiger partial charge in [-0.05, 0) is 30.2 Å². The summed E-state index contributed by atoms with van der Waals surface area (Å²) in [4.78, 5) is 0. The minimum atomic E-state index is -1.34. The van der Waals surface area contributed by atoms with Crippen LogP contribution < -0.4 is 0 Å². The van der Waals surface area contributed by atoms with Crippen LogP contribution in [0.15, 0.2) is 18.2 Å².